The Kier molecular flexibility index (Phi) is 6.74. The molecule has 3 rings (SSSR count). The Labute approximate surface area is 175 Å². The van der Waals surface area contributed by atoms with Gasteiger partial charge in [0.1, 0.15) is 17.3 Å². The van der Waals surface area contributed by atoms with Gasteiger partial charge in [-0.1, -0.05) is 12.1 Å². The van der Waals surface area contributed by atoms with Crippen molar-refractivity contribution in [1.29, 1.82) is 0 Å². The number of carbonyl (C=O) groups excluding carboxylic acids is 2. The summed E-state index contributed by atoms with van der Waals surface area (Å²) >= 11 is 0. The highest BCUT2D eigenvalue weighted by Crippen LogP contribution is 2.40. The van der Waals surface area contributed by atoms with Crippen molar-refractivity contribution in [2.24, 2.45) is 0 Å². The number of methoxy groups -OCH3 is 3. The molecule has 1 aliphatic rings. The molecule has 1 unspecified atom stereocenters. The van der Waals surface area contributed by atoms with Crippen LogP contribution in [0.4, 0.5) is 0 Å². The number of amides is 1. The zero-order chi connectivity index (χ0) is 21.7. The summed E-state index contributed by atoms with van der Waals surface area (Å²) < 4.78 is 15.5. The van der Waals surface area contributed by atoms with Crippen molar-refractivity contribution in [2.75, 3.05) is 34.5 Å². The molecule has 0 aliphatic carbocycles. The van der Waals surface area contributed by atoms with E-state index in [1.54, 1.807) is 63.8 Å². The highest BCUT2D eigenvalue weighted by Gasteiger charge is 2.45. The van der Waals surface area contributed by atoms with E-state index >= 15 is 0 Å². The summed E-state index contributed by atoms with van der Waals surface area (Å²) in [5.74, 6) is -0.365. The molecule has 0 spiro atoms. The van der Waals surface area contributed by atoms with Crippen LogP contribution in [0.1, 0.15) is 23.6 Å². The average Bonchev–Trinajstić information content (AvgIpc) is 3.04. The molecule has 2 aromatic carbocycles. The van der Waals surface area contributed by atoms with Crippen molar-refractivity contribution in [3.63, 3.8) is 0 Å². The molecule has 0 aromatic heterocycles. The molecule has 0 saturated carbocycles. The summed E-state index contributed by atoms with van der Waals surface area (Å²) in [6, 6.07) is 13.1. The van der Waals surface area contributed by atoms with Crippen LogP contribution >= 0.6 is 0 Å². The van der Waals surface area contributed by atoms with E-state index in [0.717, 1.165) is 0 Å². The lowest BCUT2D eigenvalue weighted by molar-refractivity contribution is -0.140. The van der Waals surface area contributed by atoms with Crippen LogP contribution in [-0.2, 0) is 14.3 Å². The predicted octanol–water partition coefficient (Wildman–Crippen LogP) is 3.16. The van der Waals surface area contributed by atoms with Gasteiger partial charge in [0.2, 0.25) is 0 Å². The molecule has 158 valence electrons. The third-order valence-electron chi connectivity index (χ3n) is 5.06. The number of aliphatic hydroxyl groups is 1. The molecule has 30 heavy (non-hydrogen) atoms. The maximum Gasteiger partial charge on any atom is 0.295 e. The lowest BCUT2D eigenvalue weighted by atomic mass is 9.95. The Morgan fingerprint density at radius 1 is 1.00 bits per heavy atom. The Hall–Kier alpha value is -3.32. The van der Waals surface area contributed by atoms with E-state index in [-0.39, 0.29) is 11.3 Å². The number of ether oxygens (including phenoxy) is 3. The predicted molar refractivity (Wildman–Crippen MR) is 111 cm³/mol. The van der Waals surface area contributed by atoms with E-state index < -0.39 is 17.7 Å². The lowest BCUT2D eigenvalue weighted by Crippen LogP contribution is -2.31. The maximum absolute atomic E-state index is 12.9. The summed E-state index contributed by atoms with van der Waals surface area (Å²) in [5.41, 5.74) is 1.16. The number of hydrogen-bond acceptors (Lipinski definition) is 6. The highest BCUT2D eigenvalue weighted by molar-refractivity contribution is 6.46. The number of rotatable bonds is 8. The lowest BCUT2D eigenvalue weighted by Gasteiger charge is -2.25. The molecular formula is C23H25NO6. The molecule has 2 aromatic rings. The van der Waals surface area contributed by atoms with E-state index in [2.05, 4.69) is 0 Å². The zero-order valence-electron chi connectivity index (χ0n) is 17.3. The fourth-order valence-electron chi connectivity index (χ4n) is 3.55. The van der Waals surface area contributed by atoms with E-state index in [0.29, 0.717) is 42.2 Å². The van der Waals surface area contributed by atoms with Crippen molar-refractivity contribution in [2.45, 2.75) is 12.5 Å². The van der Waals surface area contributed by atoms with Gasteiger partial charge in [-0.05, 0) is 48.4 Å². The Morgan fingerprint density at radius 2 is 1.70 bits per heavy atom. The third kappa shape index (κ3) is 4.16. The molecule has 1 fully saturated rings. The van der Waals surface area contributed by atoms with Crippen molar-refractivity contribution in [3.05, 3.63) is 65.2 Å². The second kappa shape index (κ2) is 9.45. The second-order valence-electron chi connectivity index (χ2n) is 6.84. The van der Waals surface area contributed by atoms with Crippen LogP contribution < -0.4 is 9.47 Å². The van der Waals surface area contributed by atoms with Crippen LogP contribution in [0.15, 0.2) is 54.1 Å². The average molecular weight is 411 g/mol. The first-order valence-electron chi connectivity index (χ1n) is 9.57. The molecule has 1 N–H and O–H groups in total. The number of nitrogens with zero attached hydrogens (tertiary/aromatic N) is 1. The number of benzene rings is 2. The summed E-state index contributed by atoms with van der Waals surface area (Å²) in [7, 11) is 4.67. The number of hydrogen-bond donors (Lipinski definition) is 1. The molecule has 0 radical (unpaired) electrons. The van der Waals surface area contributed by atoms with Gasteiger partial charge in [0.25, 0.3) is 11.7 Å². The van der Waals surface area contributed by atoms with E-state index in [1.807, 2.05) is 6.07 Å². The molecule has 1 saturated heterocycles. The number of ketones is 1. The minimum Gasteiger partial charge on any atom is -0.507 e. The van der Waals surface area contributed by atoms with E-state index in [4.69, 9.17) is 14.2 Å². The molecule has 1 aliphatic heterocycles. The summed E-state index contributed by atoms with van der Waals surface area (Å²) in [5, 5.41) is 11.0. The van der Waals surface area contributed by atoms with Crippen LogP contribution in [0.5, 0.6) is 11.5 Å². The van der Waals surface area contributed by atoms with Gasteiger partial charge in [-0.15, -0.1) is 0 Å². The molecule has 1 heterocycles. The van der Waals surface area contributed by atoms with Gasteiger partial charge in [-0.3, -0.25) is 9.59 Å². The number of Topliss-reactive ketones (excluding diaryl/α,β-unsaturated/α-hetero) is 1. The van der Waals surface area contributed by atoms with Gasteiger partial charge in [0.15, 0.2) is 0 Å². The van der Waals surface area contributed by atoms with Crippen LogP contribution in [0, 0.1) is 0 Å². The topological polar surface area (TPSA) is 85.3 Å². The normalized spacial score (nSPS) is 18.0. The molecule has 7 nitrogen and oxygen atoms in total. The molecule has 1 amide bonds. The fraction of sp³-hybridized carbons (Fsp3) is 0.304. The summed E-state index contributed by atoms with van der Waals surface area (Å²) in [4.78, 5) is 27.2. The molecule has 1 atom stereocenters. The zero-order valence-corrected chi connectivity index (χ0v) is 17.3. The summed E-state index contributed by atoms with van der Waals surface area (Å²) in [6.07, 6.45) is 0.562. The fourth-order valence-corrected chi connectivity index (χ4v) is 3.55. The van der Waals surface area contributed by atoms with Crippen molar-refractivity contribution in [3.8, 4) is 11.5 Å². The first-order valence-corrected chi connectivity index (χ1v) is 9.57. The van der Waals surface area contributed by atoms with Gasteiger partial charge in [0, 0.05) is 25.8 Å². The van der Waals surface area contributed by atoms with Gasteiger partial charge >= 0.3 is 0 Å². The molecular weight excluding hydrogens is 386 g/mol. The minimum absolute atomic E-state index is 0.0517. The van der Waals surface area contributed by atoms with Crippen molar-refractivity contribution >= 4 is 17.4 Å². The highest BCUT2D eigenvalue weighted by atomic mass is 16.5. The Balaban J connectivity index is 2.11. The summed E-state index contributed by atoms with van der Waals surface area (Å²) in [6.45, 7) is 0.770. The monoisotopic (exact) mass is 411 g/mol. The van der Waals surface area contributed by atoms with Crippen LogP contribution in [0.2, 0.25) is 0 Å². The second-order valence-corrected chi connectivity index (χ2v) is 6.84. The molecule has 0 bridgehead atoms. The number of likely N-dealkylation sites (tertiary alicyclic amines) is 1. The van der Waals surface area contributed by atoms with Crippen molar-refractivity contribution in [1.82, 2.24) is 4.90 Å². The van der Waals surface area contributed by atoms with Gasteiger partial charge in [-0.25, -0.2) is 0 Å². The number of carbonyl (C=O) groups is 2. The third-order valence-corrected chi connectivity index (χ3v) is 5.06. The van der Waals surface area contributed by atoms with Crippen LogP contribution in [0.25, 0.3) is 5.76 Å². The largest absolute Gasteiger partial charge is 0.507 e. The Bertz CT molecular complexity index is 950. The van der Waals surface area contributed by atoms with Crippen LogP contribution in [-0.4, -0.2) is 56.2 Å². The van der Waals surface area contributed by atoms with Crippen molar-refractivity contribution < 1.29 is 28.9 Å². The van der Waals surface area contributed by atoms with Gasteiger partial charge in [-0.2, -0.15) is 0 Å². The Morgan fingerprint density at radius 3 is 2.33 bits per heavy atom. The SMILES string of the molecule is COCCCN1C(=O)C(=O)C(=C(O)c2ccc(OC)cc2)C1c1cccc(OC)c1. The first-order chi connectivity index (χ1) is 14.5. The van der Waals surface area contributed by atoms with Gasteiger partial charge in [0.05, 0.1) is 25.8 Å². The minimum atomic E-state index is -0.723. The first kappa shape index (κ1) is 21.4. The standard InChI is InChI=1S/C23H25NO6/c1-28-13-5-12-24-20(16-6-4-7-18(14-16)30-3)19(22(26)23(24)27)21(25)15-8-10-17(29-2)11-9-15/h4,6-11,14,20,25H,5,12-13H2,1-3H3. The van der Waals surface area contributed by atoms with E-state index in [1.165, 1.54) is 4.90 Å². The number of aliphatic hydroxyl groups excluding tert-OH is 1. The smallest absolute Gasteiger partial charge is 0.295 e. The maximum atomic E-state index is 12.9. The van der Waals surface area contributed by atoms with Gasteiger partial charge < -0.3 is 24.2 Å². The van der Waals surface area contributed by atoms with Crippen LogP contribution in [0.3, 0.4) is 0 Å². The van der Waals surface area contributed by atoms with E-state index in [9.17, 15) is 14.7 Å². The molecule has 7 heteroatoms. The quantitative estimate of drug-likeness (QED) is 0.311.